The number of aromatic amines is 1. The van der Waals surface area contributed by atoms with Crippen molar-refractivity contribution in [3.8, 4) is 0 Å². The van der Waals surface area contributed by atoms with E-state index in [2.05, 4.69) is 4.98 Å². The molecule has 2 heterocycles. The predicted molar refractivity (Wildman–Crippen MR) is 116 cm³/mol. The molecular weight excluding hydrogens is 421 g/mol. The molecule has 4 rings (SSSR count). The number of rotatable bonds is 3. The maximum Gasteiger partial charge on any atom is 0.261 e. The number of nitrogens with zero attached hydrogens (tertiary/aromatic N) is 2. The number of carbonyl (C=O) groups is 1. The minimum atomic E-state index is -3.50. The van der Waals surface area contributed by atoms with E-state index in [1.54, 1.807) is 30.9 Å². The largest absolute Gasteiger partial charge is 0.324 e. The van der Waals surface area contributed by atoms with E-state index in [-0.39, 0.29) is 23.0 Å². The fourth-order valence-corrected chi connectivity index (χ4v) is 4.39. The van der Waals surface area contributed by atoms with Crippen LogP contribution >= 0.6 is 0 Å². The molecule has 1 aromatic heterocycles. The van der Waals surface area contributed by atoms with Crippen molar-refractivity contribution in [1.82, 2.24) is 4.98 Å². The van der Waals surface area contributed by atoms with Crippen molar-refractivity contribution in [3.63, 3.8) is 0 Å². The molecule has 9 heteroatoms. The van der Waals surface area contributed by atoms with Crippen LogP contribution in [0.15, 0.2) is 58.2 Å². The number of halogens is 1. The highest BCUT2D eigenvalue weighted by Gasteiger charge is 2.33. The van der Waals surface area contributed by atoms with E-state index in [1.165, 1.54) is 41.3 Å². The first kappa shape index (κ1) is 20.8. The van der Waals surface area contributed by atoms with Gasteiger partial charge in [-0.3, -0.25) is 14.5 Å². The average molecular weight is 441 g/mol. The molecule has 1 aliphatic rings. The Labute approximate surface area is 178 Å². The van der Waals surface area contributed by atoms with Gasteiger partial charge in [-0.05, 0) is 61.9 Å². The molecule has 2 aromatic carbocycles. The predicted octanol–water partition coefficient (Wildman–Crippen LogP) is 3.29. The van der Waals surface area contributed by atoms with Crippen molar-refractivity contribution in [2.45, 2.75) is 18.7 Å². The van der Waals surface area contributed by atoms with Gasteiger partial charge in [0, 0.05) is 23.7 Å². The number of hydrogen-bond donors (Lipinski definition) is 1. The Balaban J connectivity index is 1.95. The van der Waals surface area contributed by atoms with Crippen LogP contribution < -0.4 is 15.4 Å². The number of pyridine rings is 1. The molecule has 160 valence electrons. The van der Waals surface area contributed by atoms with Gasteiger partial charge in [0.15, 0.2) is 9.84 Å². The van der Waals surface area contributed by atoms with Crippen LogP contribution in [0.25, 0.3) is 0 Å². The Morgan fingerprint density at radius 3 is 2.26 bits per heavy atom. The number of hydrogen-bond acceptors (Lipinski definition) is 5. The maximum absolute atomic E-state index is 13.7. The number of nitrogens with one attached hydrogen (secondary N) is 1. The van der Waals surface area contributed by atoms with E-state index in [0.717, 1.165) is 6.26 Å². The maximum atomic E-state index is 13.7. The van der Waals surface area contributed by atoms with Gasteiger partial charge in [0.05, 0.1) is 21.8 Å². The van der Waals surface area contributed by atoms with E-state index >= 15 is 0 Å². The lowest BCUT2D eigenvalue weighted by atomic mass is 10.0. The fraction of sp³-hybridized carbons (Fsp3) is 0.182. The molecule has 31 heavy (non-hydrogen) atoms. The number of H-pyrrole nitrogens is 1. The van der Waals surface area contributed by atoms with Crippen molar-refractivity contribution in [2.24, 2.45) is 0 Å². The van der Waals surface area contributed by atoms with Gasteiger partial charge >= 0.3 is 0 Å². The van der Waals surface area contributed by atoms with Gasteiger partial charge in [0.1, 0.15) is 12.5 Å². The summed E-state index contributed by atoms with van der Waals surface area (Å²) in [5.41, 5.74) is 2.74. The van der Waals surface area contributed by atoms with E-state index in [4.69, 9.17) is 0 Å². The van der Waals surface area contributed by atoms with Crippen molar-refractivity contribution in [2.75, 3.05) is 22.7 Å². The lowest BCUT2D eigenvalue weighted by molar-refractivity contribution is 0.0983. The standard InChI is InChI=1S/C22H20FN3O4S/c1-13-10-15(23)4-7-18(13)25-12-26(19-8-9-21(27)24-14(19)2)22(28)17-6-5-16(11-20(17)25)31(3,29)30/h4-11H,12H2,1-3H3,(H,24,27). The SMILES string of the molecule is Cc1cc(F)ccc1N1CN(c2ccc(=O)[nH]c2C)C(=O)c2ccc(S(C)(=O)=O)cc21. The van der Waals surface area contributed by atoms with E-state index in [0.29, 0.717) is 33.9 Å². The molecular formula is C22H20FN3O4S. The van der Waals surface area contributed by atoms with Crippen LogP contribution in [-0.4, -0.2) is 32.2 Å². The summed E-state index contributed by atoms with van der Waals surface area (Å²) >= 11 is 0. The molecule has 0 fully saturated rings. The van der Waals surface area contributed by atoms with E-state index in [1.807, 2.05) is 0 Å². The van der Waals surface area contributed by atoms with Crippen LogP contribution in [-0.2, 0) is 9.84 Å². The van der Waals surface area contributed by atoms with Crippen molar-refractivity contribution in [1.29, 1.82) is 0 Å². The Bertz CT molecular complexity index is 1380. The van der Waals surface area contributed by atoms with Gasteiger partial charge in [-0.2, -0.15) is 0 Å². The Kier molecular flexibility index (Phi) is 4.93. The zero-order valence-corrected chi connectivity index (χ0v) is 18.0. The van der Waals surface area contributed by atoms with Gasteiger partial charge in [0.2, 0.25) is 5.56 Å². The lowest BCUT2D eigenvalue weighted by Gasteiger charge is -2.39. The van der Waals surface area contributed by atoms with Crippen molar-refractivity contribution in [3.05, 3.63) is 81.5 Å². The quantitative estimate of drug-likeness (QED) is 0.674. The highest BCUT2D eigenvalue weighted by molar-refractivity contribution is 7.90. The molecule has 0 spiro atoms. The zero-order valence-electron chi connectivity index (χ0n) is 17.1. The normalized spacial score (nSPS) is 14.0. The summed E-state index contributed by atoms with van der Waals surface area (Å²) in [6.07, 6.45) is 1.10. The molecule has 3 aromatic rings. The molecule has 0 saturated heterocycles. The first-order valence-electron chi connectivity index (χ1n) is 9.46. The monoisotopic (exact) mass is 441 g/mol. The topological polar surface area (TPSA) is 90.6 Å². The number of anilines is 3. The van der Waals surface area contributed by atoms with Gasteiger partial charge in [0.25, 0.3) is 5.91 Å². The van der Waals surface area contributed by atoms with Crippen LogP contribution in [0.5, 0.6) is 0 Å². The highest BCUT2D eigenvalue weighted by Crippen LogP contribution is 2.38. The summed E-state index contributed by atoms with van der Waals surface area (Å²) in [6, 6.07) is 11.5. The molecule has 1 amide bonds. The van der Waals surface area contributed by atoms with E-state index < -0.39 is 15.7 Å². The smallest absolute Gasteiger partial charge is 0.261 e. The molecule has 0 aliphatic carbocycles. The first-order valence-corrected chi connectivity index (χ1v) is 11.3. The summed E-state index contributed by atoms with van der Waals surface area (Å²) in [5, 5.41) is 0. The summed E-state index contributed by atoms with van der Waals surface area (Å²) in [7, 11) is -3.50. The van der Waals surface area contributed by atoms with Crippen LogP contribution in [0.2, 0.25) is 0 Å². The molecule has 0 atom stereocenters. The second kappa shape index (κ2) is 7.35. The summed E-state index contributed by atoms with van der Waals surface area (Å²) in [6.45, 7) is 3.49. The molecule has 1 N–H and O–H groups in total. The van der Waals surface area contributed by atoms with Gasteiger partial charge in [-0.15, -0.1) is 0 Å². The minimum Gasteiger partial charge on any atom is -0.324 e. The number of amides is 1. The third-order valence-electron chi connectivity index (χ3n) is 5.27. The second-order valence-electron chi connectivity index (χ2n) is 7.52. The molecule has 1 aliphatic heterocycles. The van der Waals surface area contributed by atoms with Crippen LogP contribution in [0.3, 0.4) is 0 Å². The number of fused-ring (bicyclic) bond motifs is 1. The number of aromatic nitrogens is 1. The molecule has 0 saturated carbocycles. The Hall–Kier alpha value is -3.46. The van der Waals surface area contributed by atoms with Gasteiger partial charge < -0.3 is 9.88 Å². The molecule has 7 nitrogen and oxygen atoms in total. The highest BCUT2D eigenvalue weighted by atomic mass is 32.2. The Morgan fingerprint density at radius 2 is 1.61 bits per heavy atom. The third kappa shape index (κ3) is 3.72. The second-order valence-corrected chi connectivity index (χ2v) is 9.53. The van der Waals surface area contributed by atoms with Crippen LogP contribution in [0.1, 0.15) is 21.6 Å². The van der Waals surface area contributed by atoms with Crippen molar-refractivity contribution < 1.29 is 17.6 Å². The number of aryl methyl sites for hydroxylation is 2. The van der Waals surface area contributed by atoms with E-state index in [9.17, 15) is 22.4 Å². The van der Waals surface area contributed by atoms with Gasteiger partial charge in [-0.25, -0.2) is 12.8 Å². The zero-order chi connectivity index (χ0) is 22.5. The summed E-state index contributed by atoms with van der Waals surface area (Å²) < 4.78 is 38.0. The van der Waals surface area contributed by atoms with Crippen LogP contribution in [0, 0.1) is 19.7 Å². The molecule has 0 radical (unpaired) electrons. The third-order valence-corrected chi connectivity index (χ3v) is 6.38. The van der Waals surface area contributed by atoms with Gasteiger partial charge in [-0.1, -0.05) is 0 Å². The number of benzene rings is 2. The number of carbonyl (C=O) groups excluding carboxylic acids is 1. The lowest BCUT2D eigenvalue weighted by Crippen LogP contribution is -2.45. The van der Waals surface area contributed by atoms with Crippen molar-refractivity contribution >= 4 is 32.8 Å². The van der Waals surface area contributed by atoms with Crippen LogP contribution in [0.4, 0.5) is 21.5 Å². The Morgan fingerprint density at radius 1 is 0.903 bits per heavy atom. The number of sulfone groups is 1. The summed E-state index contributed by atoms with van der Waals surface area (Å²) in [4.78, 5) is 31.0. The average Bonchev–Trinajstić information content (AvgIpc) is 2.68. The summed E-state index contributed by atoms with van der Waals surface area (Å²) in [5.74, 6) is -0.728. The molecule has 0 bridgehead atoms. The first-order chi connectivity index (χ1) is 14.6. The fourth-order valence-electron chi connectivity index (χ4n) is 3.75. The molecule has 0 unspecified atom stereocenters. The minimum absolute atomic E-state index is 0.0540.